The summed E-state index contributed by atoms with van der Waals surface area (Å²) in [5, 5.41) is 0. The van der Waals surface area contributed by atoms with Crippen molar-refractivity contribution in [1.82, 2.24) is 0 Å². The van der Waals surface area contributed by atoms with Crippen LogP contribution in [0.4, 0.5) is 0 Å². The van der Waals surface area contributed by atoms with Crippen LogP contribution in [-0.2, 0) is 17.6 Å². The average Bonchev–Trinajstić information content (AvgIpc) is 2.42. The fraction of sp³-hybridized carbons (Fsp3) is 0.588. The molecule has 1 saturated carbocycles. The van der Waals surface area contributed by atoms with Crippen LogP contribution in [0, 0.1) is 11.8 Å². The molecule has 2 atom stereocenters. The van der Waals surface area contributed by atoms with Crippen LogP contribution in [0.25, 0.3) is 0 Å². The van der Waals surface area contributed by atoms with Gasteiger partial charge in [-0.15, -0.1) is 0 Å². The van der Waals surface area contributed by atoms with E-state index in [1.54, 1.807) is 0 Å². The Kier molecular flexibility index (Phi) is 4.57. The van der Waals surface area contributed by atoms with Crippen molar-refractivity contribution >= 4 is 5.78 Å². The van der Waals surface area contributed by atoms with Crippen molar-refractivity contribution in [3.8, 4) is 0 Å². The molecular weight excluding hydrogens is 220 g/mol. The Hall–Kier alpha value is -1.11. The molecule has 0 heterocycles. The number of hydrogen-bond acceptors (Lipinski definition) is 1. The highest BCUT2D eigenvalue weighted by atomic mass is 16.1. The quantitative estimate of drug-likeness (QED) is 0.776. The van der Waals surface area contributed by atoms with Gasteiger partial charge in [-0.2, -0.15) is 0 Å². The summed E-state index contributed by atoms with van der Waals surface area (Å²) in [6, 6.07) is 8.78. The summed E-state index contributed by atoms with van der Waals surface area (Å²) >= 11 is 0. The molecule has 0 aromatic heterocycles. The average molecular weight is 244 g/mol. The van der Waals surface area contributed by atoms with Gasteiger partial charge >= 0.3 is 0 Å². The Morgan fingerprint density at radius 3 is 2.39 bits per heavy atom. The number of hydrogen-bond donors (Lipinski definition) is 0. The third-order valence-corrected chi connectivity index (χ3v) is 4.36. The van der Waals surface area contributed by atoms with E-state index in [4.69, 9.17) is 0 Å². The van der Waals surface area contributed by atoms with E-state index in [1.807, 2.05) is 0 Å². The van der Waals surface area contributed by atoms with E-state index in [9.17, 15) is 4.79 Å². The SMILES string of the molecule is CCc1ccc(CC2CC(CC)CCC2=O)cc1. The zero-order valence-corrected chi connectivity index (χ0v) is 11.6. The Bertz CT molecular complexity index is 391. The molecule has 1 aliphatic rings. The van der Waals surface area contributed by atoms with E-state index in [1.165, 1.54) is 17.5 Å². The van der Waals surface area contributed by atoms with Crippen molar-refractivity contribution in [2.75, 3.05) is 0 Å². The summed E-state index contributed by atoms with van der Waals surface area (Å²) in [7, 11) is 0. The van der Waals surface area contributed by atoms with Crippen LogP contribution in [-0.4, -0.2) is 5.78 Å². The normalized spacial score (nSPS) is 24.2. The lowest BCUT2D eigenvalue weighted by atomic mass is 9.77. The third-order valence-electron chi connectivity index (χ3n) is 4.36. The number of ketones is 1. The largest absolute Gasteiger partial charge is 0.299 e. The predicted molar refractivity (Wildman–Crippen MR) is 75.7 cm³/mol. The molecule has 1 aromatic carbocycles. The summed E-state index contributed by atoms with van der Waals surface area (Å²) in [6.45, 7) is 4.42. The summed E-state index contributed by atoms with van der Waals surface area (Å²) in [5.41, 5.74) is 2.70. The highest BCUT2D eigenvalue weighted by Crippen LogP contribution is 2.30. The Morgan fingerprint density at radius 1 is 1.11 bits per heavy atom. The first-order valence-corrected chi connectivity index (χ1v) is 7.33. The van der Waals surface area contributed by atoms with Crippen molar-refractivity contribution in [2.24, 2.45) is 11.8 Å². The van der Waals surface area contributed by atoms with Crippen LogP contribution in [0.15, 0.2) is 24.3 Å². The molecule has 1 heteroatoms. The van der Waals surface area contributed by atoms with E-state index in [-0.39, 0.29) is 5.92 Å². The van der Waals surface area contributed by atoms with Crippen molar-refractivity contribution in [2.45, 2.75) is 52.4 Å². The van der Waals surface area contributed by atoms with Crippen LogP contribution < -0.4 is 0 Å². The van der Waals surface area contributed by atoms with E-state index in [2.05, 4.69) is 38.1 Å². The molecule has 0 N–H and O–H groups in total. The molecule has 2 unspecified atom stereocenters. The molecule has 0 saturated heterocycles. The first-order chi connectivity index (χ1) is 8.72. The Balaban J connectivity index is 2.00. The highest BCUT2D eigenvalue weighted by molar-refractivity contribution is 5.82. The van der Waals surface area contributed by atoms with Crippen LogP contribution in [0.1, 0.15) is 50.7 Å². The lowest BCUT2D eigenvalue weighted by Crippen LogP contribution is -2.26. The zero-order chi connectivity index (χ0) is 13.0. The molecule has 0 radical (unpaired) electrons. The van der Waals surface area contributed by atoms with Gasteiger partial charge in [0.25, 0.3) is 0 Å². The summed E-state index contributed by atoms with van der Waals surface area (Å²) in [6.07, 6.45) is 6.26. The lowest BCUT2D eigenvalue weighted by molar-refractivity contribution is -0.125. The molecule has 0 amide bonds. The minimum absolute atomic E-state index is 0.274. The molecule has 1 fully saturated rings. The first kappa shape index (κ1) is 13.3. The maximum atomic E-state index is 12.0. The molecule has 1 aromatic rings. The molecule has 18 heavy (non-hydrogen) atoms. The highest BCUT2D eigenvalue weighted by Gasteiger charge is 2.27. The minimum Gasteiger partial charge on any atom is -0.299 e. The summed E-state index contributed by atoms with van der Waals surface area (Å²) in [5.74, 6) is 1.53. The van der Waals surface area contributed by atoms with E-state index < -0.39 is 0 Å². The van der Waals surface area contributed by atoms with Crippen molar-refractivity contribution < 1.29 is 4.79 Å². The van der Waals surface area contributed by atoms with E-state index in [0.717, 1.165) is 38.0 Å². The van der Waals surface area contributed by atoms with Gasteiger partial charge in [0.2, 0.25) is 0 Å². The van der Waals surface area contributed by atoms with Crippen LogP contribution in [0.2, 0.25) is 0 Å². The molecule has 0 aliphatic heterocycles. The number of carbonyl (C=O) groups is 1. The van der Waals surface area contributed by atoms with E-state index >= 15 is 0 Å². The second-order valence-corrected chi connectivity index (χ2v) is 5.59. The maximum Gasteiger partial charge on any atom is 0.136 e. The predicted octanol–water partition coefficient (Wildman–Crippen LogP) is 4.19. The Labute approximate surface area is 111 Å². The van der Waals surface area contributed by atoms with Gasteiger partial charge in [-0.1, -0.05) is 44.5 Å². The number of benzene rings is 1. The smallest absolute Gasteiger partial charge is 0.136 e. The number of Topliss-reactive ketones (excluding diaryl/α,β-unsaturated/α-hetero) is 1. The van der Waals surface area contributed by atoms with Gasteiger partial charge in [-0.3, -0.25) is 4.79 Å². The van der Waals surface area contributed by atoms with Gasteiger partial charge in [0.1, 0.15) is 5.78 Å². The Morgan fingerprint density at radius 2 is 1.78 bits per heavy atom. The van der Waals surface area contributed by atoms with E-state index in [0.29, 0.717) is 5.78 Å². The standard InChI is InChI=1S/C17H24O/c1-3-13-5-7-15(8-6-13)12-16-11-14(4-2)9-10-17(16)18/h5-8,14,16H,3-4,9-12H2,1-2H3. The number of carbonyl (C=O) groups excluding carboxylic acids is 1. The van der Waals surface area contributed by atoms with Gasteiger partial charge < -0.3 is 0 Å². The van der Waals surface area contributed by atoms with Crippen LogP contribution in [0.5, 0.6) is 0 Å². The fourth-order valence-electron chi connectivity index (χ4n) is 2.97. The van der Waals surface area contributed by atoms with Crippen molar-refractivity contribution in [3.63, 3.8) is 0 Å². The lowest BCUT2D eigenvalue weighted by Gasteiger charge is -2.27. The molecular formula is C17H24O. The van der Waals surface area contributed by atoms with Gasteiger partial charge in [0.15, 0.2) is 0 Å². The van der Waals surface area contributed by atoms with Gasteiger partial charge in [0.05, 0.1) is 0 Å². The van der Waals surface area contributed by atoms with Crippen molar-refractivity contribution in [1.29, 1.82) is 0 Å². The molecule has 0 spiro atoms. The molecule has 2 rings (SSSR count). The fourth-order valence-corrected chi connectivity index (χ4v) is 2.97. The second kappa shape index (κ2) is 6.17. The molecule has 0 bridgehead atoms. The molecule has 1 aliphatic carbocycles. The molecule has 98 valence electrons. The minimum atomic E-state index is 0.274. The first-order valence-electron chi connectivity index (χ1n) is 7.33. The third kappa shape index (κ3) is 3.22. The van der Waals surface area contributed by atoms with Crippen LogP contribution >= 0.6 is 0 Å². The van der Waals surface area contributed by atoms with Crippen LogP contribution in [0.3, 0.4) is 0 Å². The summed E-state index contributed by atoms with van der Waals surface area (Å²) < 4.78 is 0. The zero-order valence-electron chi connectivity index (χ0n) is 11.6. The molecule has 1 nitrogen and oxygen atoms in total. The maximum absolute atomic E-state index is 12.0. The van der Waals surface area contributed by atoms with Gasteiger partial charge in [-0.05, 0) is 42.7 Å². The number of rotatable bonds is 4. The monoisotopic (exact) mass is 244 g/mol. The summed E-state index contributed by atoms with van der Waals surface area (Å²) in [4.78, 5) is 12.0. The second-order valence-electron chi connectivity index (χ2n) is 5.59. The topological polar surface area (TPSA) is 17.1 Å². The van der Waals surface area contributed by atoms with Gasteiger partial charge in [0, 0.05) is 12.3 Å². The van der Waals surface area contributed by atoms with Gasteiger partial charge in [-0.25, -0.2) is 0 Å². The van der Waals surface area contributed by atoms with Crippen molar-refractivity contribution in [3.05, 3.63) is 35.4 Å². The number of aryl methyl sites for hydroxylation is 1.